The average molecular weight is 501 g/mol. The molecule has 0 saturated heterocycles. The number of esters is 1. The second kappa shape index (κ2) is 11.4. The lowest BCUT2D eigenvalue weighted by Crippen LogP contribution is -2.44. The molecule has 0 aliphatic heterocycles. The van der Waals surface area contributed by atoms with Gasteiger partial charge in [-0.3, -0.25) is 9.36 Å². The summed E-state index contributed by atoms with van der Waals surface area (Å²) in [7, 11) is 2.66. The predicted molar refractivity (Wildman–Crippen MR) is 124 cm³/mol. The summed E-state index contributed by atoms with van der Waals surface area (Å²) in [4.78, 5) is 38.0. The minimum Gasteiger partial charge on any atom is -0.476 e. The third-order valence-corrected chi connectivity index (χ3v) is 5.23. The molecule has 0 saturated carbocycles. The number of halogens is 3. The van der Waals surface area contributed by atoms with Crippen LogP contribution in [0.3, 0.4) is 0 Å². The van der Waals surface area contributed by atoms with Gasteiger partial charge in [-0.25, -0.2) is 14.3 Å². The van der Waals surface area contributed by atoms with E-state index in [0.29, 0.717) is 12.2 Å². The van der Waals surface area contributed by atoms with Gasteiger partial charge in [-0.05, 0) is 51.3 Å². The van der Waals surface area contributed by atoms with Crippen LogP contribution in [0.4, 0.5) is 19.0 Å². The number of carbonyl (C=O) groups is 1. The molecule has 0 aliphatic rings. The quantitative estimate of drug-likeness (QED) is 0.438. The summed E-state index contributed by atoms with van der Waals surface area (Å²) in [6.45, 7) is 5.27. The lowest BCUT2D eigenvalue weighted by molar-refractivity contribution is -0.158. The highest BCUT2D eigenvalue weighted by Crippen LogP contribution is 2.23. The maximum Gasteiger partial charge on any atom is 0.389 e. The van der Waals surface area contributed by atoms with Crippen molar-refractivity contribution in [1.82, 2.24) is 14.3 Å². The van der Waals surface area contributed by atoms with Crippen molar-refractivity contribution in [3.8, 4) is 5.75 Å². The first-order valence-corrected chi connectivity index (χ1v) is 11.2. The summed E-state index contributed by atoms with van der Waals surface area (Å²) in [5, 5.41) is 4.00. The van der Waals surface area contributed by atoms with Gasteiger partial charge in [-0.2, -0.15) is 13.2 Å². The summed E-state index contributed by atoms with van der Waals surface area (Å²) >= 11 is 0. The van der Waals surface area contributed by atoms with Crippen molar-refractivity contribution in [1.29, 1.82) is 0 Å². The Morgan fingerprint density at radius 3 is 2.29 bits per heavy atom. The van der Waals surface area contributed by atoms with Crippen LogP contribution in [0.2, 0.25) is 0 Å². The molecule has 0 aliphatic carbocycles. The fourth-order valence-electron chi connectivity index (χ4n) is 3.30. The highest BCUT2D eigenvalue weighted by Gasteiger charge is 2.31. The van der Waals surface area contributed by atoms with Crippen molar-refractivity contribution in [3.63, 3.8) is 0 Å². The third-order valence-electron chi connectivity index (χ3n) is 5.23. The number of ether oxygens (including phenoxy) is 2. The molecular formula is C23H31F3N4O5. The van der Waals surface area contributed by atoms with Gasteiger partial charge in [0.2, 0.25) is 5.82 Å². The fourth-order valence-corrected chi connectivity index (χ4v) is 3.30. The van der Waals surface area contributed by atoms with Gasteiger partial charge in [0.05, 0.1) is 6.61 Å². The maximum absolute atomic E-state index is 12.7. The standard InChI is InChI=1S/C23H31F3N4O5/c1-6-34-20(32)22(2,3)35-17-10-8-16(9-11-17)12-15-30(14-7-13-23(24,25)26)18-19(31)28(4)21(33)29(5)27-18/h8-11H,6-7,12-15H2,1-5H3. The molecule has 0 radical (unpaired) electrons. The zero-order valence-corrected chi connectivity index (χ0v) is 20.5. The van der Waals surface area contributed by atoms with E-state index >= 15 is 0 Å². The van der Waals surface area contributed by atoms with Crippen molar-refractivity contribution in [2.24, 2.45) is 14.1 Å². The number of carbonyl (C=O) groups excluding carboxylic acids is 1. The van der Waals surface area contributed by atoms with E-state index in [0.717, 1.165) is 14.8 Å². The molecule has 194 valence electrons. The Morgan fingerprint density at radius 1 is 1.09 bits per heavy atom. The van der Waals surface area contributed by atoms with Crippen molar-refractivity contribution < 1.29 is 27.4 Å². The molecule has 0 atom stereocenters. The van der Waals surface area contributed by atoms with Gasteiger partial charge >= 0.3 is 17.8 Å². The van der Waals surface area contributed by atoms with E-state index in [-0.39, 0.29) is 31.9 Å². The topological polar surface area (TPSA) is 95.7 Å². The van der Waals surface area contributed by atoms with Crippen LogP contribution >= 0.6 is 0 Å². The van der Waals surface area contributed by atoms with Crippen LogP contribution < -0.4 is 20.9 Å². The molecule has 1 aromatic heterocycles. The van der Waals surface area contributed by atoms with Crippen LogP contribution in [-0.4, -0.2) is 51.8 Å². The van der Waals surface area contributed by atoms with Gasteiger partial charge in [-0.15, -0.1) is 5.10 Å². The zero-order valence-electron chi connectivity index (χ0n) is 20.5. The van der Waals surface area contributed by atoms with Crippen molar-refractivity contribution >= 4 is 11.8 Å². The molecule has 2 aromatic rings. The number of aryl methyl sites for hydroxylation is 1. The van der Waals surface area contributed by atoms with Gasteiger partial charge < -0.3 is 14.4 Å². The molecule has 0 N–H and O–H groups in total. The molecule has 35 heavy (non-hydrogen) atoms. The highest BCUT2D eigenvalue weighted by atomic mass is 19.4. The van der Waals surface area contributed by atoms with E-state index in [9.17, 15) is 27.6 Å². The summed E-state index contributed by atoms with van der Waals surface area (Å²) in [5.74, 6) is -0.139. The molecule has 0 unspecified atom stereocenters. The molecule has 1 heterocycles. The monoisotopic (exact) mass is 500 g/mol. The molecule has 0 bridgehead atoms. The van der Waals surface area contributed by atoms with Crippen LogP contribution in [0.1, 0.15) is 39.2 Å². The number of alkyl halides is 3. The first-order valence-electron chi connectivity index (χ1n) is 11.2. The number of hydrogen-bond acceptors (Lipinski definition) is 7. The SMILES string of the molecule is CCOC(=O)C(C)(C)Oc1ccc(CCN(CCCC(F)(F)F)c2nn(C)c(=O)n(C)c2=O)cc1. The van der Waals surface area contributed by atoms with Crippen LogP contribution in [0.25, 0.3) is 0 Å². The number of hydrogen-bond donors (Lipinski definition) is 0. The van der Waals surface area contributed by atoms with E-state index in [2.05, 4.69) is 5.10 Å². The minimum atomic E-state index is -4.32. The van der Waals surface area contributed by atoms with E-state index in [1.807, 2.05) is 0 Å². The van der Waals surface area contributed by atoms with Gasteiger partial charge in [-0.1, -0.05) is 12.1 Å². The summed E-state index contributed by atoms with van der Waals surface area (Å²) < 4.78 is 50.6. The summed E-state index contributed by atoms with van der Waals surface area (Å²) in [5.41, 5.74) is -1.66. The Hall–Kier alpha value is -3.31. The van der Waals surface area contributed by atoms with Crippen molar-refractivity contribution in [2.75, 3.05) is 24.6 Å². The molecule has 0 fully saturated rings. The fraction of sp³-hybridized carbons (Fsp3) is 0.565. The van der Waals surface area contributed by atoms with Gasteiger partial charge in [0.15, 0.2) is 5.60 Å². The Balaban J connectivity index is 2.17. The minimum absolute atomic E-state index is 0.0606. The van der Waals surface area contributed by atoms with Crippen LogP contribution in [0.15, 0.2) is 33.9 Å². The largest absolute Gasteiger partial charge is 0.476 e. The number of benzene rings is 1. The average Bonchev–Trinajstić information content (AvgIpc) is 2.77. The first kappa shape index (κ1) is 27.9. The molecule has 2 rings (SSSR count). The lowest BCUT2D eigenvalue weighted by Gasteiger charge is -2.25. The Labute approximate surface area is 201 Å². The molecule has 9 nitrogen and oxygen atoms in total. The lowest BCUT2D eigenvalue weighted by atomic mass is 10.1. The first-order chi connectivity index (χ1) is 16.2. The second-order valence-corrected chi connectivity index (χ2v) is 8.53. The number of rotatable bonds is 11. The summed E-state index contributed by atoms with van der Waals surface area (Å²) in [6.07, 6.45) is -5.16. The van der Waals surface area contributed by atoms with Gasteiger partial charge in [0.25, 0.3) is 5.56 Å². The normalized spacial score (nSPS) is 11.9. The van der Waals surface area contributed by atoms with Gasteiger partial charge in [0, 0.05) is 33.6 Å². The van der Waals surface area contributed by atoms with Crippen LogP contribution in [0, 0.1) is 0 Å². The van der Waals surface area contributed by atoms with E-state index < -0.39 is 35.4 Å². The Morgan fingerprint density at radius 2 is 1.71 bits per heavy atom. The smallest absolute Gasteiger partial charge is 0.389 e. The molecular weight excluding hydrogens is 469 g/mol. The van der Waals surface area contributed by atoms with Crippen LogP contribution in [0.5, 0.6) is 5.75 Å². The number of nitrogens with zero attached hydrogens (tertiary/aromatic N) is 4. The molecule has 0 spiro atoms. The molecule has 1 aromatic carbocycles. The van der Waals surface area contributed by atoms with Crippen LogP contribution in [-0.2, 0) is 30.0 Å². The van der Waals surface area contributed by atoms with E-state index in [4.69, 9.17) is 9.47 Å². The van der Waals surface area contributed by atoms with E-state index in [1.54, 1.807) is 45.0 Å². The van der Waals surface area contributed by atoms with Crippen molar-refractivity contribution in [3.05, 3.63) is 50.7 Å². The molecule has 0 amide bonds. The zero-order chi connectivity index (χ0) is 26.4. The summed E-state index contributed by atoms with van der Waals surface area (Å²) in [6, 6.07) is 6.87. The van der Waals surface area contributed by atoms with Gasteiger partial charge in [0.1, 0.15) is 5.75 Å². The Kier molecular flexibility index (Phi) is 9.11. The second-order valence-electron chi connectivity index (χ2n) is 8.53. The van der Waals surface area contributed by atoms with Crippen molar-refractivity contribution in [2.45, 2.75) is 51.8 Å². The highest BCUT2D eigenvalue weighted by molar-refractivity contribution is 5.79. The maximum atomic E-state index is 12.7. The number of aromatic nitrogens is 3. The Bertz CT molecular complexity index is 1120. The molecule has 12 heteroatoms. The third kappa shape index (κ3) is 7.86. The number of anilines is 1. The predicted octanol–water partition coefficient (Wildman–Crippen LogP) is 2.59. The van der Waals surface area contributed by atoms with E-state index in [1.165, 1.54) is 19.0 Å².